The fourth-order valence-corrected chi connectivity index (χ4v) is 2.91. The van der Waals surface area contributed by atoms with Gasteiger partial charge in [-0.1, -0.05) is 0 Å². The summed E-state index contributed by atoms with van der Waals surface area (Å²) in [7, 11) is 2.99. The van der Waals surface area contributed by atoms with Crippen LogP contribution in [0, 0.1) is 0 Å². The average Bonchev–Trinajstić information content (AvgIpc) is 2.95. The summed E-state index contributed by atoms with van der Waals surface area (Å²) in [4.78, 5) is 42.5. The first-order valence-electron chi connectivity index (χ1n) is 7.39. The molecule has 0 radical (unpaired) electrons. The van der Waals surface area contributed by atoms with Crippen LogP contribution in [0.5, 0.6) is 0 Å². The maximum atomic E-state index is 12.4. The van der Waals surface area contributed by atoms with Crippen LogP contribution in [0.4, 0.5) is 0 Å². The van der Waals surface area contributed by atoms with E-state index in [2.05, 4.69) is 4.98 Å². The summed E-state index contributed by atoms with van der Waals surface area (Å²) in [6, 6.07) is 0. The van der Waals surface area contributed by atoms with Crippen LogP contribution in [0.1, 0.15) is 19.3 Å². The second-order valence-electron chi connectivity index (χ2n) is 5.69. The lowest BCUT2D eigenvalue weighted by atomic mass is 10.1. The summed E-state index contributed by atoms with van der Waals surface area (Å²) >= 11 is 0. The molecule has 1 amide bonds. The Hall–Kier alpha value is -2.38. The van der Waals surface area contributed by atoms with Crippen molar-refractivity contribution in [1.82, 2.24) is 23.6 Å². The highest BCUT2D eigenvalue weighted by Crippen LogP contribution is 2.11. The van der Waals surface area contributed by atoms with Crippen molar-refractivity contribution in [3.05, 3.63) is 27.2 Å². The van der Waals surface area contributed by atoms with Crippen molar-refractivity contribution in [2.45, 2.75) is 25.8 Å². The summed E-state index contributed by atoms with van der Waals surface area (Å²) in [5.74, 6) is -0.0186. The second-order valence-corrected chi connectivity index (χ2v) is 5.69. The number of amides is 1. The lowest BCUT2D eigenvalue weighted by molar-refractivity contribution is -0.132. The van der Waals surface area contributed by atoms with E-state index in [9.17, 15) is 14.4 Å². The average molecular weight is 305 g/mol. The Labute approximate surface area is 126 Å². The first-order valence-corrected chi connectivity index (χ1v) is 7.39. The number of hydrogen-bond donors (Lipinski definition) is 0. The van der Waals surface area contributed by atoms with E-state index in [0.717, 1.165) is 36.9 Å². The summed E-state index contributed by atoms with van der Waals surface area (Å²) in [5.41, 5.74) is -0.262. The number of imidazole rings is 1. The van der Waals surface area contributed by atoms with E-state index in [4.69, 9.17) is 0 Å². The minimum Gasteiger partial charge on any atom is -0.341 e. The number of likely N-dealkylation sites (tertiary alicyclic amines) is 1. The van der Waals surface area contributed by atoms with Crippen LogP contribution < -0.4 is 11.2 Å². The van der Waals surface area contributed by atoms with E-state index in [1.807, 2.05) is 4.90 Å². The molecule has 2 aromatic heterocycles. The molecule has 0 aliphatic carbocycles. The number of piperidine rings is 1. The lowest BCUT2D eigenvalue weighted by Gasteiger charge is -2.26. The molecule has 0 saturated carbocycles. The third-order valence-electron chi connectivity index (χ3n) is 4.23. The van der Waals surface area contributed by atoms with Crippen LogP contribution in [-0.2, 0) is 25.4 Å². The molecule has 118 valence electrons. The Morgan fingerprint density at radius 2 is 1.82 bits per heavy atom. The predicted molar refractivity (Wildman–Crippen MR) is 80.6 cm³/mol. The van der Waals surface area contributed by atoms with Gasteiger partial charge in [-0.2, -0.15) is 0 Å². The number of hydrogen-bond acceptors (Lipinski definition) is 4. The standard InChI is InChI=1S/C14H19N5O3/c1-16-12-11(13(21)17(2)14(16)22)19(9-15-12)8-10(20)18-6-4-3-5-7-18/h9H,3-8H2,1-2H3. The molecule has 1 aliphatic rings. The van der Waals surface area contributed by atoms with Crippen molar-refractivity contribution >= 4 is 17.1 Å². The van der Waals surface area contributed by atoms with Crippen molar-refractivity contribution < 1.29 is 4.79 Å². The number of carbonyl (C=O) groups is 1. The summed E-state index contributed by atoms with van der Waals surface area (Å²) in [6.45, 7) is 1.61. The molecule has 8 heteroatoms. The number of aryl methyl sites for hydroxylation is 1. The van der Waals surface area contributed by atoms with E-state index in [-0.39, 0.29) is 18.0 Å². The van der Waals surface area contributed by atoms with Gasteiger partial charge in [0.25, 0.3) is 5.56 Å². The van der Waals surface area contributed by atoms with Crippen LogP contribution in [0.25, 0.3) is 11.2 Å². The van der Waals surface area contributed by atoms with Gasteiger partial charge in [0.15, 0.2) is 11.2 Å². The zero-order chi connectivity index (χ0) is 15.9. The molecular formula is C14H19N5O3. The number of nitrogens with zero attached hydrogens (tertiary/aromatic N) is 5. The topological polar surface area (TPSA) is 82.1 Å². The Kier molecular flexibility index (Phi) is 3.59. The minimum atomic E-state index is -0.429. The molecule has 1 fully saturated rings. The van der Waals surface area contributed by atoms with Gasteiger partial charge >= 0.3 is 5.69 Å². The summed E-state index contributed by atoms with van der Waals surface area (Å²) in [5, 5.41) is 0. The Morgan fingerprint density at radius 1 is 1.14 bits per heavy atom. The highest BCUT2D eigenvalue weighted by Gasteiger charge is 2.20. The summed E-state index contributed by atoms with van der Waals surface area (Å²) < 4.78 is 3.89. The predicted octanol–water partition coefficient (Wildman–Crippen LogP) is -0.554. The lowest BCUT2D eigenvalue weighted by Crippen LogP contribution is -2.39. The van der Waals surface area contributed by atoms with Crippen molar-refractivity contribution in [3.8, 4) is 0 Å². The maximum absolute atomic E-state index is 12.4. The van der Waals surface area contributed by atoms with Gasteiger partial charge in [0, 0.05) is 27.2 Å². The molecule has 0 spiro atoms. The minimum absolute atomic E-state index is 0.0186. The van der Waals surface area contributed by atoms with E-state index >= 15 is 0 Å². The molecule has 0 bridgehead atoms. The first kappa shape index (κ1) is 14.6. The largest absolute Gasteiger partial charge is 0.341 e. The molecule has 2 aromatic rings. The van der Waals surface area contributed by atoms with Gasteiger partial charge in [0.2, 0.25) is 5.91 Å². The van der Waals surface area contributed by atoms with Crippen molar-refractivity contribution in [3.63, 3.8) is 0 Å². The van der Waals surface area contributed by atoms with Crippen molar-refractivity contribution in [1.29, 1.82) is 0 Å². The SMILES string of the molecule is Cn1c(=O)c2c(ncn2CC(=O)N2CCCCC2)n(C)c1=O. The normalized spacial score (nSPS) is 15.5. The molecule has 0 aromatic carbocycles. The number of aromatic nitrogens is 4. The van der Waals surface area contributed by atoms with Gasteiger partial charge in [-0.15, -0.1) is 0 Å². The van der Waals surface area contributed by atoms with Gasteiger partial charge in [-0.05, 0) is 19.3 Å². The van der Waals surface area contributed by atoms with Crippen LogP contribution in [0.3, 0.4) is 0 Å². The third-order valence-corrected chi connectivity index (χ3v) is 4.23. The smallest absolute Gasteiger partial charge is 0.332 e. The first-order chi connectivity index (χ1) is 10.5. The number of rotatable bonds is 2. The van der Waals surface area contributed by atoms with E-state index < -0.39 is 11.2 Å². The molecule has 3 heterocycles. The Morgan fingerprint density at radius 3 is 2.50 bits per heavy atom. The van der Waals surface area contributed by atoms with Gasteiger partial charge in [-0.25, -0.2) is 9.78 Å². The Balaban J connectivity index is 2.00. The molecule has 0 atom stereocenters. The van der Waals surface area contributed by atoms with E-state index in [1.54, 1.807) is 7.05 Å². The molecular weight excluding hydrogens is 286 g/mol. The monoisotopic (exact) mass is 305 g/mol. The molecule has 1 aliphatic heterocycles. The fourth-order valence-electron chi connectivity index (χ4n) is 2.91. The molecule has 22 heavy (non-hydrogen) atoms. The maximum Gasteiger partial charge on any atom is 0.332 e. The molecule has 0 unspecified atom stereocenters. The highest BCUT2D eigenvalue weighted by atomic mass is 16.2. The quantitative estimate of drug-likeness (QED) is 0.745. The van der Waals surface area contributed by atoms with Gasteiger partial charge in [0.1, 0.15) is 6.54 Å². The van der Waals surface area contributed by atoms with Crippen LogP contribution >= 0.6 is 0 Å². The van der Waals surface area contributed by atoms with E-state index in [1.165, 1.54) is 22.5 Å². The second kappa shape index (κ2) is 5.43. The van der Waals surface area contributed by atoms with Crippen molar-refractivity contribution in [2.24, 2.45) is 14.1 Å². The van der Waals surface area contributed by atoms with Gasteiger partial charge in [0.05, 0.1) is 6.33 Å². The van der Waals surface area contributed by atoms with Crippen molar-refractivity contribution in [2.75, 3.05) is 13.1 Å². The van der Waals surface area contributed by atoms with Gasteiger partial charge < -0.3 is 9.47 Å². The van der Waals surface area contributed by atoms with Crippen LogP contribution in [-0.4, -0.2) is 42.6 Å². The third kappa shape index (κ3) is 2.24. The molecule has 0 N–H and O–H groups in total. The number of fused-ring (bicyclic) bond motifs is 1. The fraction of sp³-hybridized carbons (Fsp3) is 0.571. The highest BCUT2D eigenvalue weighted by molar-refractivity contribution is 5.79. The molecule has 8 nitrogen and oxygen atoms in total. The van der Waals surface area contributed by atoms with Crippen LogP contribution in [0.2, 0.25) is 0 Å². The zero-order valence-corrected chi connectivity index (χ0v) is 12.8. The molecule has 3 rings (SSSR count). The number of carbonyl (C=O) groups excluding carboxylic acids is 1. The molecule has 1 saturated heterocycles. The van der Waals surface area contributed by atoms with Gasteiger partial charge in [-0.3, -0.25) is 18.7 Å². The van der Waals surface area contributed by atoms with E-state index in [0.29, 0.717) is 5.65 Å². The Bertz CT molecular complexity index is 839. The van der Waals surface area contributed by atoms with Crippen LogP contribution in [0.15, 0.2) is 15.9 Å². The zero-order valence-electron chi connectivity index (χ0n) is 12.8. The summed E-state index contributed by atoms with van der Waals surface area (Å²) in [6.07, 6.45) is 4.65.